The smallest absolute Gasteiger partial charge is 0.139 e. The van der Waals surface area contributed by atoms with E-state index in [0.29, 0.717) is 0 Å². The Kier molecular flexibility index (Phi) is 4.78. The zero-order chi connectivity index (χ0) is 15.4. The Balaban J connectivity index is 2.32. The topological polar surface area (TPSA) is 49.8 Å². The fraction of sp³-hybridized carbons (Fsp3) is 0.412. The molecular weight excluding hydrogens is 260 g/mol. The molecule has 0 saturated heterocycles. The number of hydrogen-bond donors (Lipinski definition) is 2. The van der Waals surface area contributed by atoms with Crippen LogP contribution in [0.1, 0.15) is 35.9 Å². The van der Waals surface area contributed by atoms with E-state index in [9.17, 15) is 0 Å². The molecule has 0 aliphatic rings. The number of nitrogens with zero attached hydrogens (tertiary/aromatic N) is 2. The summed E-state index contributed by atoms with van der Waals surface area (Å²) in [6, 6.07) is 6.37. The van der Waals surface area contributed by atoms with Gasteiger partial charge in [0.15, 0.2) is 0 Å². The Labute approximate surface area is 127 Å². The van der Waals surface area contributed by atoms with Gasteiger partial charge in [-0.3, -0.25) is 0 Å². The highest BCUT2D eigenvalue weighted by atomic mass is 15.1. The van der Waals surface area contributed by atoms with Crippen LogP contribution in [-0.2, 0) is 0 Å². The summed E-state index contributed by atoms with van der Waals surface area (Å²) >= 11 is 0. The van der Waals surface area contributed by atoms with Crippen LogP contribution in [0.3, 0.4) is 0 Å². The van der Waals surface area contributed by atoms with Crippen LogP contribution in [0.5, 0.6) is 0 Å². The van der Waals surface area contributed by atoms with Crippen LogP contribution in [0.25, 0.3) is 0 Å². The maximum absolute atomic E-state index is 4.54. The second kappa shape index (κ2) is 6.57. The molecule has 0 bridgehead atoms. The Bertz CT molecular complexity index is 635. The number of anilines is 3. The first kappa shape index (κ1) is 15.3. The van der Waals surface area contributed by atoms with Gasteiger partial charge in [-0.05, 0) is 45.7 Å². The average Bonchev–Trinajstić information content (AvgIpc) is 2.43. The summed E-state index contributed by atoms with van der Waals surface area (Å²) in [6.45, 7) is 11.2. The van der Waals surface area contributed by atoms with Gasteiger partial charge in [0.1, 0.15) is 17.5 Å². The van der Waals surface area contributed by atoms with Crippen LogP contribution in [0.15, 0.2) is 18.2 Å². The minimum Gasteiger partial charge on any atom is -0.370 e. The third-order valence-corrected chi connectivity index (χ3v) is 3.44. The van der Waals surface area contributed by atoms with Gasteiger partial charge in [-0.15, -0.1) is 0 Å². The van der Waals surface area contributed by atoms with E-state index in [1.807, 2.05) is 13.8 Å². The van der Waals surface area contributed by atoms with Gasteiger partial charge in [-0.2, -0.15) is 0 Å². The predicted molar refractivity (Wildman–Crippen MR) is 89.5 cm³/mol. The summed E-state index contributed by atoms with van der Waals surface area (Å²) in [5.41, 5.74) is 4.62. The van der Waals surface area contributed by atoms with Crippen LogP contribution in [0.2, 0.25) is 0 Å². The number of aromatic nitrogens is 2. The number of rotatable bonds is 5. The van der Waals surface area contributed by atoms with Gasteiger partial charge in [0.05, 0.1) is 0 Å². The first-order valence-electron chi connectivity index (χ1n) is 7.44. The molecule has 4 heteroatoms. The summed E-state index contributed by atoms with van der Waals surface area (Å²) in [6.07, 6.45) is 1.07. The van der Waals surface area contributed by atoms with Crippen molar-refractivity contribution < 1.29 is 0 Å². The lowest BCUT2D eigenvalue weighted by atomic mass is 10.1. The van der Waals surface area contributed by atoms with E-state index >= 15 is 0 Å². The lowest BCUT2D eigenvalue weighted by Gasteiger charge is -2.15. The third kappa shape index (κ3) is 3.72. The lowest BCUT2D eigenvalue weighted by Crippen LogP contribution is -2.09. The van der Waals surface area contributed by atoms with Crippen molar-refractivity contribution in [3.8, 4) is 0 Å². The quantitative estimate of drug-likeness (QED) is 0.860. The summed E-state index contributed by atoms with van der Waals surface area (Å²) in [5.74, 6) is 2.55. The van der Waals surface area contributed by atoms with E-state index in [4.69, 9.17) is 0 Å². The lowest BCUT2D eigenvalue weighted by molar-refractivity contribution is 0.948. The number of hydrogen-bond acceptors (Lipinski definition) is 4. The summed E-state index contributed by atoms with van der Waals surface area (Å²) in [7, 11) is 0. The van der Waals surface area contributed by atoms with E-state index in [0.717, 1.165) is 41.7 Å². The van der Waals surface area contributed by atoms with Crippen LogP contribution in [0, 0.1) is 27.7 Å². The van der Waals surface area contributed by atoms with Crippen LogP contribution in [0.4, 0.5) is 17.3 Å². The second-order valence-electron chi connectivity index (χ2n) is 5.46. The van der Waals surface area contributed by atoms with E-state index < -0.39 is 0 Å². The minimum absolute atomic E-state index is 0.770. The Morgan fingerprint density at radius 2 is 1.71 bits per heavy atom. The number of benzene rings is 1. The molecule has 0 unspecified atom stereocenters. The monoisotopic (exact) mass is 284 g/mol. The zero-order valence-electron chi connectivity index (χ0n) is 13.5. The molecule has 2 N–H and O–H groups in total. The highest BCUT2D eigenvalue weighted by Crippen LogP contribution is 2.25. The van der Waals surface area contributed by atoms with Crippen molar-refractivity contribution in [3.63, 3.8) is 0 Å². The van der Waals surface area contributed by atoms with E-state index in [2.05, 4.69) is 59.6 Å². The van der Waals surface area contributed by atoms with Crippen molar-refractivity contribution >= 4 is 17.3 Å². The molecule has 0 aliphatic carbocycles. The molecule has 2 rings (SSSR count). The molecule has 0 amide bonds. The molecule has 0 radical (unpaired) electrons. The first-order valence-corrected chi connectivity index (χ1v) is 7.44. The standard InChI is InChI=1S/C17H24N4/c1-6-9-18-16-13(4)17(20-14(5)19-16)21-15-8-7-11(2)10-12(15)3/h7-8,10H,6,9H2,1-5H3,(H2,18,19,20,21). The molecule has 0 atom stereocenters. The van der Waals surface area contributed by atoms with Crippen molar-refractivity contribution in [3.05, 3.63) is 40.7 Å². The Morgan fingerprint density at radius 3 is 2.38 bits per heavy atom. The molecule has 0 saturated carbocycles. The van der Waals surface area contributed by atoms with Crippen molar-refractivity contribution in [1.82, 2.24) is 9.97 Å². The number of aryl methyl sites for hydroxylation is 3. The van der Waals surface area contributed by atoms with E-state index in [-0.39, 0.29) is 0 Å². The average molecular weight is 284 g/mol. The van der Waals surface area contributed by atoms with Crippen LogP contribution < -0.4 is 10.6 Å². The summed E-state index contributed by atoms with van der Waals surface area (Å²) in [5, 5.41) is 6.80. The van der Waals surface area contributed by atoms with Gasteiger partial charge in [0.25, 0.3) is 0 Å². The summed E-state index contributed by atoms with van der Waals surface area (Å²) < 4.78 is 0. The Hall–Kier alpha value is -2.10. The molecule has 1 aromatic heterocycles. The maximum atomic E-state index is 4.54. The molecule has 0 fully saturated rings. The molecule has 0 aliphatic heterocycles. The second-order valence-corrected chi connectivity index (χ2v) is 5.46. The molecule has 4 nitrogen and oxygen atoms in total. The highest BCUT2D eigenvalue weighted by molar-refractivity contribution is 5.67. The van der Waals surface area contributed by atoms with Gasteiger partial charge < -0.3 is 10.6 Å². The molecule has 1 heterocycles. The molecular formula is C17H24N4. The van der Waals surface area contributed by atoms with Gasteiger partial charge in [0.2, 0.25) is 0 Å². The van der Waals surface area contributed by atoms with Crippen LogP contribution in [-0.4, -0.2) is 16.5 Å². The van der Waals surface area contributed by atoms with Crippen molar-refractivity contribution in [2.45, 2.75) is 41.0 Å². The zero-order valence-corrected chi connectivity index (χ0v) is 13.5. The van der Waals surface area contributed by atoms with Crippen LogP contribution >= 0.6 is 0 Å². The number of nitrogens with one attached hydrogen (secondary N) is 2. The maximum Gasteiger partial charge on any atom is 0.139 e. The van der Waals surface area contributed by atoms with Gasteiger partial charge in [-0.25, -0.2) is 9.97 Å². The predicted octanol–water partition coefficient (Wildman–Crippen LogP) is 4.28. The molecule has 21 heavy (non-hydrogen) atoms. The highest BCUT2D eigenvalue weighted by Gasteiger charge is 2.10. The van der Waals surface area contributed by atoms with Crippen molar-refractivity contribution in [2.75, 3.05) is 17.2 Å². The van der Waals surface area contributed by atoms with E-state index in [1.165, 1.54) is 11.1 Å². The largest absolute Gasteiger partial charge is 0.370 e. The molecule has 0 spiro atoms. The van der Waals surface area contributed by atoms with Crippen molar-refractivity contribution in [2.24, 2.45) is 0 Å². The molecule has 1 aromatic carbocycles. The minimum atomic E-state index is 0.770. The Morgan fingerprint density at radius 1 is 1.00 bits per heavy atom. The third-order valence-electron chi connectivity index (χ3n) is 3.44. The summed E-state index contributed by atoms with van der Waals surface area (Å²) in [4.78, 5) is 9.02. The van der Waals surface area contributed by atoms with E-state index in [1.54, 1.807) is 0 Å². The van der Waals surface area contributed by atoms with Crippen molar-refractivity contribution in [1.29, 1.82) is 0 Å². The SMILES string of the molecule is CCCNc1nc(C)nc(Nc2ccc(C)cc2C)c1C. The fourth-order valence-corrected chi connectivity index (χ4v) is 2.25. The fourth-order valence-electron chi connectivity index (χ4n) is 2.25. The van der Waals surface area contributed by atoms with Gasteiger partial charge in [-0.1, -0.05) is 24.6 Å². The first-order chi connectivity index (χ1) is 10.0. The molecule has 112 valence electrons. The normalized spacial score (nSPS) is 10.5. The van der Waals surface area contributed by atoms with Gasteiger partial charge >= 0.3 is 0 Å². The molecule has 2 aromatic rings. The van der Waals surface area contributed by atoms with Gasteiger partial charge in [0, 0.05) is 17.8 Å².